The molecule has 0 N–H and O–H groups in total. The number of aryl methyl sites for hydroxylation is 1. The van der Waals surface area contributed by atoms with Gasteiger partial charge in [0.05, 0.1) is 12.5 Å². The predicted octanol–water partition coefficient (Wildman–Crippen LogP) is 1.36. The number of benzene rings is 1. The van der Waals surface area contributed by atoms with Gasteiger partial charge in [-0.25, -0.2) is 0 Å². The minimum atomic E-state index is -0.0597. The summed E-state index contributed by atoms with van der Waals surface area (Å²) >= 11 is 0. The standard InChI is InChI=1S/C19H23N3O3/c1-20-16-6-4-3-5-13(16)9-17(20)19(24)22-11-14-10-21(7-8-25-2)18(23)15(14)12-22/h3-6,9,14-15H,7-8,10-12H2,1-2H3/t14-,15+/m1/s1. The molecule has 1 aromatic heterocycles. The number of rotatable bonds is 4. The molecule has 0 unspecified atom stereocenters. The van der Waals surface area contributed by atoms with Crippen molar-refractivity contribution >= 4 is 22.7 Å². The Balaban J connectivity index is 1.50. The number of nitrogens with zero attached hydrogens (tertiary/aromatic N) is 3. The third kappa shape index (κ3) is 2.61. The highest BCUT2D eigenvalue weighted by atomic mass is 16.5. The Kier molecular flexibility index (Phi) is 4.00. The van der Waals surface area contributed by atoms with Crippen LogP contribution in [0.15, 0.2) is 30.3 Å². The van der Waals surface area contributed by atoms with E-state index in [1.54, 1.807) is 7.11 Å². The molecule has 1 aromatic carbocycles. The molecule has 2 aromatic rings. The largest absolute Gasteiger partial charge is 0.383 e. The normalized spacial score (nSPS) is 22.9. The summed E-state index contributed by atoms with van der Waals surface area (Å²) in [7, 11) is 3.57. The summed E-state index contributed by atoms with van der Waals surface area (Å²) in [5.74, 6) is 0.359. The molecule has 0 aliphatic carbocycles. The molecule has 132 valence electrons. The number of methoxy groups -OCH3 is 1. The van der Waals surface area contributed by atoms with Crippen LogP contribution in [0.4, 0.5) is 0 Å². The molecule has 4 rings (SSSR count). The van der Waals surface area contributed by atoms with Gasteiger partial charge in [0, 0.05) is 57.2 Å². The van der Waals surface area contributed by atoms with Gasteiger partial charge in [-0.1, -0.05) is 18.2 Å². The molecule has 3 heterocycles. The Labute approximate surface area is 146 Å². The topological polar surface area (TPSA) is 54.8 Å². The third-order valence-corrected chi connectivity index (χ3v) is 5.55. The lowest BCUT2D eigenvalue weighted by Gasteiger charge is -2.21. The van der Waals surface area contributed by atoms with E-state index in [1.165, 1.54) is 0 Å². The molecule has 0 radical (unpaired) electrons. The summed E-state index contributed by atoms with van der Waals surface area (Å²) < 4.78 is 7.02. The van der Waals surface area contributed by atoms with E-state index in [1.807, 2.05) is 51.7 Å². The second-order valence-corrected chi connectivity index (χ2v) is 7.00. The summed E-state index contributed by atoms with van der Waals surface area (Å²) in [4.78, 5) is 29.2. The molecule has 2 aliphatic rings. The third-order valence-electron chi connectivity index (χ3n) is 5.55. The van der Waals surface area contributed by atoms with Crippen LogP contribution in [0.25, 0.3) is 10.9 Å². The predicted molar refractivity (Wildman–Crippen MR) is 94.3 cm³/mol. The maximum Gasteiger partial charge on any atom is 0.270 e. The van der Waals surface area contributed by atoms with Gasteiger partial charge in [0.15, 0.2) is 0 Å². The molecule has 2 aliphatic heterocycles. The van der Waals surface area contributed by atoms with Crippen molar-refractivity contribution in [1.82, 2.24) is 14.4 Å². The smallest absolute Gasteiger partial charge is 0.270 e. The van der Waals surface area contributed by atoms with Crippen molar-refractivity contribution < 1.29 is 14.3 Å². The number of hydrogen-bond donors (Lipinski definition) is 0. The first-order chi connectivity index (χ1) is 12.1. The highest BCUT2D eigenvalue weighted by Crippen LogP contribution is 2.33. The van der Waals surface area contributed by atoms with Crippen molar-refractivity contribution in [2.24, 2.45) is 18.9 Å². The molecule has 25 heavy (non-hydrogen) atoms. The second kappa shape index (κ2) is 6.19. The number of aromatic nitrogens is 1. The minimum Gasteiger partial charge on any atom is -0.383 e. The van der Waals surface area contributed by atoms with Crippen LogP contribution in [-0.4, -0.2) is 66.1 Å². The number of para-hydroxylation sites is 1. The van der Waals surface area contributed by atoms with Crippen LogP contribution >= 0.6 is 0 Å². The molecule has 0 saturated carbocycles. The van der Waals surface area contributed by atoms with Crippen molar-refractivity contribution in [2.75, 3.05) is 39.9 Å². The van der Waals surface area contributed by atoms with Gasteiger partial charge in [0.2, 0.25) is 5.91 Å². The van der Waals surface area contributed by atoms with Crippen LogP contribution in [0.2, 0.25) is 0 Å². The van der Waals surface area contributed by atoms with E-state index < -0.39 is 0 Å². The van der Waals surface area contributed by atoms with Gasteiger partial charge in [0.1, 0.15) is 5.69 Å². The second-order valence-electron chi connectivity index (χ2n) is 7.00. The van der Waals surface area contributed by atoms with Crippen LogP contribution in [0.3, 0.4) is 0 Å². The van der Waals surface area contributed by atoms with Crippen LogP contribution in [0.1, 0.15) is 10.5 Å². The number of likely N-dealkylation sites (tertiary alicyclic amines) is 2. The fraction of sp³-hybridized carbons (Fsp3) is 0.474. The van der Waals surface area contributed by atoms with Gasteiger partial charge < -0.3 is 19.1 Å². The van der Waals surface area contributed by atoms with Gasteiger partial charge in [-0.05, 0) is 12.1 Å². The number of carbonyl (C=O) groups is 2. The molecule has 2 fully saturated rings. The fourth-order valence-corrected chi connectivity index (χ4v) is 4.17. The van der Waals surface area contributed by atoms with Gasteiger partial charge in [-0.3, -0.25) is 9.59 Å². The lowest BCUT2D eigenvalue weighted by Crippen LogP contribution is -2.37. The first kappa shape index (κ1) is 16.1. The zero-order valence-electron chi connectivity index (χ0n) is 14.6. The van der Waals surface area contributed by atoms with E-state index in [4.69, 9.17) is 4.74 Å². The van der Waals surface area contributed by atoms with Crippen molar-refractivity contribution in [3.05, 3.63) is 36.0 Å². The van der Waals surface area contributed by atoms with Crippen molar-refractivity contribution in [3.8, 4) is 0 Å². The summed E-state index contributed by atoms with van der Waals surface area (Å²) in [6, 6.07) is 9.93. The van der Waals surface area contributed by atoms with E-state index in [-0.39, 0.29) is 23.7 Å². The van der Waals surface area contributed by atoms with Crippen LogP contribution in [0.5, 0.6) is 0 Å². The van der Waals surface area contributed by atoms with Gasteiger partial charge in [-0.2, -0.15) is 0 Å². The van der Waals surface area contributed by atoms with E-state index in [9.17, 15) is 9.59 Å². The van der Waals surface area contributed by atoms with Crippen LogP contribution in [0, 0.1) is 11.8 Å². The minimum absolute atomic E-state index is 0.0179. The monoisotopic (exact) mass is 341 g/mol. The summed E-state index contributed by atoms with van der Waals surface area (Å²) in [5.41, 5.74) is 1.73. The Morgan fingerprint density at radius 1 is 1.24 bits per heavy atom. The SMILES string of the molecule is COCCN1C[C@@H]2CN(C(=O)c3cc4ccccc4n3C)C[C@@H]2C1=O. The Bertz CT molecular complexity index is 828. The van der Waals surface area contributed by atoms with Gasteiger partial charge >= 0.3 is 0 Å². The van der Waals surface area contributed by atoms with Gasteiger partial charge in [0.25, 0.3) is 5.91 Å². The molecule has 2 saturated heterocycles. The summed E-state index contributed by atoms with van der Waals surface area (Å²) in [5, 5.41) is 1.06. The maximum absolute atomic E-state index is 13.0. The molecule has 6 nitrogen and oxygen atoms in total. The molecule has 0 bridgehead atoms. The summed E-state index contributed by atoms with van der Waals surface area (Å²) in [6.45, 7) is 3.10. The number of carbonyl (C=O) groups excluding carboxylic acids is 2. The molecular formula is C19H23N3O3. The lowest BCUT2D eigenvalue weighted by atomic mass is 10.0. The molecule has 0 spiro atoms. The summed E-state index contributed by atoms with van der Waals surface area (Å²) in [6.07, 6.45) is 0. The average molecular weight is 341 g/mol. The van der Waals surface area contributed by atoms with E-state index in [2.05, 4.69) is 0 Å². The zero-order chi connectivity index (χ0) is 17.6. The lowest BCUT2D eigenvalue weighted by molar-refractivity contribution is -0.131. The van der Waals surface area contributed by atoms with Crippen LogP contribution < -0.4 is 0 Å². The highest BCUT2D eigenvalue weighted by Gasteiger charge is 2.47. The van der Waals surface area contributed by atoms with Crippen molar-refractivity contribution in [1.29, 1.82) is 0 Å². The Morgan fingerprint density at radius 2 is 2.04 bits per heavy atom. The van der Waals surface area contributed by atoms with Gasteiger partial charge in [-0.15, -0.1) is 0 Å². The maximum atomic E-state index is 13.0. The Hall–Kier alpha value is -2.34. The first-order valence-corrected chi connectivity index (χ1v) is 8.71. The van der Waals surface area contributed by atoms with E-state index in [0.29, 0.717) is 31.9 Å². The number of hydrogen-bond acceptors (Lipinski definition) is 3. The number of amides is 2. The first-order valence-electron chi connectivity index (χ1n) is 8.71. The van der Waals surface area contributed by atoms with Crippen LogP contribution in [-0.2, 0) is 16.6 Å². The molecule has 2 atom stereocenters. The fourth-order valence-electron chi connectivity index (χ4n) is 4.17. The van der Waals surface area contributed by atoms with E-state index in [0.717, 1.165) is 17.4 Å². The average Bonchev–Trinajstić information content (AvgIpc) is 3.27. The van der Waals surface area contributed by atoms with Crippen molar-refractivity contribution in [2.45, 2.75) is 0 Å². The van der Waals surface area contributed by atoms with Crippen molar-refractivity contribution in [3.63, 3.8) is 0 Å². The zero-order valence-corrected chi connectivity index (χ0v) is 14.6. The highest BCUT2D eigenvalue weighted by molar-refractivity contribution is 5.99. The molecule has 2 amide bonds. The van der Waals surface area contributed by atoms with E-state index >= 15 is 0 Å². The quantitative estimate of drug-likeness (QED) is 0.844. The molecular weight excluding hydrogens is 318 g/mol. The number of fused-ring (bicyclic) bond motifs is 2. The Morgan fingerprint density at radius 3 is 2.76 bits per heavy atom. The number of ether oxygens (including phenoxy) is 1. The molecule has 6 heteroatoms.